The van der Waals surface area contributed by atoms with E-state index in [9.17, 15) is 9.90 Å². The van der Waals surface area contributed by atoms with Crippen LogP contribution in [0.25, 0.3) is 0 Å². The van der Waals surface area contributed by atoms with Crippen molar-refractivity contribution in [2.75, 3.05) is 0 Å². The van der Waals surface area contributed by atoms with Gasteiger partial charge in [0.05, 0.1) is 11.5 Å². The maximum atomic E-state index is 12.5. The lowest BCUT2D eigenvalue weighted by Gasteiger charge is -2.43. The molecular formula is C18H26O2. The van der Waals surface area contributed by atoms with Crippen LogP contribution < -0.4 is 0 Å². The first-order valence-electron chi connectivity index (χ1n) is 7.48. The van der Waals surface area contributed by atoms with E-state index in [2.05, 4.69) is 19.6 Å². The van der Waals surface area contributed by atoms with Gasteiger partial charge in [-0.25, -0.2) is 0 Å². The second kappa shape index (κ2) is 5.33. The minimum absolute atomic E-state index is 0.0703. The van der Waals surface area contributed by atoms with Gasteiger partial charge in [-0.2, -0.15) is 0 Å². The summed E-state index contributed by atoms with van der Waals surface area (Å²) in [5.41, 5.74) is 2.46. The van der Waals surface area contributed by atoms with Crippen LogP contribution in [0.3, 0.4) is 0 Å². The van der Waals surface area contributed by atoms with Gasteiger partial charge in [0.15, 0.2) is 5.78 Å². The molecule has 0 fully saturated rings. The van der Waals surface area contributed by atoms with Crippen LogP contribution in [0.15, 0.2) is 35.5 Å². The van der Waals surface area contributed by atoms with E-state index in [0.717, 1.165) is 24.0 Å². The summed E-state index contributed by atoms with van der Waals surface area (Å²) in [7, 11) is 0. The summed E-state index contributed by atoms with van der Waals surface area (Å²) in [5, 5.41) is 10.8. The Kier molecular flexibility index (Phi) is 4.06. The number of carbonyl (C=O) groups is 1. The summed E-state index contributed by atoms with van der Waals surface area (Å²) in [6.45, 7) is 12.0. The maximum absolute atomic E-state index is 12.5. The molecule has 0 saturated carbocycles. The third-order valence-corrected chi connectivity index (χ3v) is 4.81. The van der Waals surface area contributed by atoms with Crippen LogP contribution in [0.4, 0.5) is 0 Å². The SMILES string of the molecule is C=C(C)C1CCC(C)=CC1C1C(=O)C=C(C)CC1(C)O. The second-order valence-corrected chi connectivity index (χ2v) is 6.99. The fourth-order valence-corrected chi connectivity index (χ4v) is 3.98. The van der Waals surface area contributed by atoms with Crippen LogP contribution in [-0.2, 0) is 4.79 Å². The summed E-state index contributed by atoms with van der Waals surface area (Å²) in [6.07, 6.45) is 6.59. The lowest BCUT2D eigenvalue weighted by Crippen LogP contribution is -2.48. The molecule has 110 valence electrons. The Labute approximate surface area is 122 Å². The summed E-state index contributed by atoms with van der Waals surface area (Å²) in [5.74, 6) is 0.100. The number of carbonyl (C=O) groups excluding carboxylic acids is 1. The van der Waals surface area contributed by atoms with Crippen LogP contribution in [0.1, 0.15) is 47.0 Å². The van der Waals surface area contributed by atoms with Crippen molar-refractivity contribution in [3.63, 3.8) is 0 Å². The average Bonchev–Trinajstić information content (AvgIpc) is 2.25. The number of aliphatic hydroxyl groups is 1. The van der Waals surface area contributed by atoms with Gasteiger partial charge in [0.1, 0.15) is 0 Å². The van der Waals surface area contributed by atoms with E-state index in [4.69, 9.17) is 0 Å². The van der Waals surface area contributed by atoms with E-state index in [1.165, 1.54) is 5.57 Å². The van der Waals surface area contributed by atoms with Crippen LogP contribution in [0.2, 0.25) is 0 Å². The molecule has 4 unspecified atom stereocenters. The summed E-state index contributed by atoms with van der Waals surface area (Å²) in [6, 6.07) is 0. The summed E-state index contributed by atoms with van der Waals surface area (Å²) in [4.78, 5) is 12.5. The van der Waals surface area contributed by atoms with Crippen molar-refractivity contribution in [2.24, 2.45) is 17.8 Å². The number of allylic oxidation sites excluding steroid dienone is 4. The predicted molar refractivity (Wildman–Crippen MR) is 82.3 cm³/mol. The van der Waals surface area contributed by atoms with E-state index >= 15 is 0 Å². The molecular weight excluding hydrogens is 248 g/mol. The lowest BCUT2D eigenvalue weighted by atomic mass is 9.62. The first-order chi connectivity index (χ1) is 9.22. The minimum Gasteiger partial charge on any atom is -0.389 e. The Hall–Kier alpha value is -1.15. The molecule has 2 nitrogen and oxygen atoms in total. The Morgan fingerprint density at radius 3 is 2.60 bits per heavy atom. The standard InChI is InChI=1S/C18H26O2/c1-11(2)14-7-6-12(3)8-15(14)17-16(19)9-13(4)10-18(17,5)20/h8-9,14-15,17,20H,1,6-7,10H2,2-5H3. The van der Waals surface area contributed by atoms with Gasteiger partial charge in [0.2, 0.25) is 0 Å². The largest absolute Gasteiger partial charge is 0.389 e. The highest BCUT2D eigenvalue weighted by atomic mass is 16.3. The monoisotopic (exact) mass is 274 g/mol. The zero-order valence-electron chi connectivity index (χ0n) is 13.1. The molecule has 0 aromatic heterocycles. The van der Waals surface area contributed by atoms with Gasteiger partial charge in [-0.3, -0.25) is 4.79 Å². The molecule has 0 aliphatic heterocycles. The molecule has 0 radical (unpaired) electrons. The van der Waals surface area contributed by atoms with Crippen molar-refractivity contribution >= 4 is 5.78 Å². The highest BCUT2D eigenvalue weighted by Crippen LogP contribution is 2.45. The molecule has 2 rings (SSSR count). The highest BCUT2D eigenvalue weighted by molar-refractivity contribution is 5.94. The first kappa shape index (κ1) is 15.2. The van der Waals surface area contributed by atoms with E-state index in [1.54, 1.807) is 13.0 Å². The van der Waals surface area contributed by atoms with Gasteiger partial charge in [0.25, 0.3) is 0 Å². The van der Waals surface area contributed by atoms with Crippen molar-refractivity contribution in [3.8, 4) is 0 Å². The molecule has 0 spiro atoms. The van der Waals surface area contributed by atoms with Crippen molar-refractivity contribution in [3.05, 3.63) is 35.5 Å². The molecule has 1 N–H and O–H groups in total. The molecule has 0 aromatic carbocycles. The summed E-state index contributed by atoms with van der Waals surface area (Å²) < 4.78 is 0. The van der Waals surface area contributed by atoms with E-state index < -0.39 is 5.60 Å². The molecule has 2 aliphatic carbocycles. The van der Waals surface area contributed by atoms with Gasteiger partial charge in [-0.1, -0.05) is 29.4 Å². The molecule has 20 heavy (non-hydrogen) atoms. The number of ketones is 1. The predicted octanol–water partition coefficient (Wildman–Crippen LogP) is 3.82. The highest BCUT2D eigenvalue weighted by Gasteiger charge is 2.46. The molecule has 0 amide bonds. The second-order valence-electron chi connectivity index (χ2n) is 6.99. The smallest absolute Gasteiger partial charge is 0.162 e. The van der Waals surface area contributed by atoms with Crippen molar-refractivity contribution < 1.29 is 9.90 Å². The van der Waals surface area contributed by atoms with E-state index in [1.807, 2.05) is 13.8 Å². The minimum atomic E-state index is -0.956. The third kappa shape index (κ3) is 2.80. The number of rotatable bonds is 2. The normalized spacial score (nSPS) is 38.2. The van der Waals surface area contributed by atoms with Crippen LogP contribution in [0.5, 0.6) is 0 Å². The van der Waals surface area contributed by atoms with Gasteiger partial charge >= 0.3 is 0 Å². The molecule has 0 aromatic rings. The Bertz CT molecular complexity index is 494. The fourth-order valence-electron chi connectivity index (χ4n) is 3.98. The van der Waals surface area contributed by atoms with Crippen molar-refractivity contribution in [1.82, 2.24) is 0 Å². The molecule has 4 atom stereocenters. The summed E-state index contributed by atoms with van der Waals surface area (Å²) >= 11 is 0. The zero-order valence-corrected chi connectivity index (χ0v) is 13.1. The van der Waals surface area contributed by atoms with Crippen molar-refractivity contribution in [2.45, 2.75) is 52.6 Å². The molecule has 2 aliphatic rings. The average molecular weight is 274 g/mol. The van der Waals surface area contributed by atoms with Gasteiger partial charge in [-0.05, 0) is 64.9 Å². The van der Waals surface area contributed by atoms with Crippen LogP contribution >= 0.6 is 0 Å². The lowest BCUT2D eigenvalue weighted by molar-refractivity contribution is -0.131. The fraction of sp³-hybridized carbons (Fsp3) is 0.611. The molecule has 2 heteroatoms. The van der Waals surface area contributed by atoms with Crippen LogP contribution in [0, 0.1) is 17.8 Å². The topological polar surface area (TPSA) is 37.3 Å². The van der Waals surface area contributed by atoms with Gasteiger partial charge in [-0.15, -0.1) is 0 Å². The maximum Gasteiger partial charge on any atom is 0.162 e. The Balaban J connectivity index is 2.43. The van der Waals surface area contributed by atoms with E-state index in [-0.39, 0.29) is 17.6 Å². The molecule has 0 heterocycles. The van der Waals surface area contributed by atoms with Crippen LogP contribution in [-0.4, -0.2) is 16.5 Å². The third-order valence-electron chi connectivity index (χ3n) is 4.81. The van der Waals surface area contributed by atoms with Gasteiger partial charge < -0.3 is 5.11 Å². The number of hydrogen-bond acceptors (Lipinski definition) is 2. The van der Waals surface area contributed by atoms with E-state index in [0.29, 0.717) is 12.3 Å². The van der Waals surface area contributed by atoms with Gasteiger partial charge in [0, 0.05) is 0 Å². The Morgan fingerprint density at radius 1 is 1.40 bits per heavy atom. The first-order valence-corrected chi connectivity index (χ1v) is 7.48. The molecule has 0 saturated heterocycles. The quantitative estimate of drug-likeness (QED) is 0.777. The number of hydrogen-bond donors (Lipinski definition) is 1. The molecule has 0 bridgehead atoms. The Morgan fingerprint density at radius 2 is 2.05 bits per heavy atom. The van der Waals surface area contributed by atoms with Crippen molar-refractivity contribution in [1.29, 1.82) is 0 Å². The zero-order chi connectivity index (χ0) is 15.1.